The van der Waals surface area contributed by atoms with Gasteiger partial charge in [0, 0.05) is 0 Å². The lowest BCUT2D eigenvalue weighted by Crippen LogP contribution is -2.30. The quantitative estimate of drug-likeness (QED) is 0.457. The molecule has 0 N–H and O–H groups in total. The zero-order valence-electron chi connectivity index (χ0n) is 17.1. The van der Waals surface area contributed by atoms with Crippen molar-refractivity contribution in [1.82, 2.24) is 0 Å². The van der Waals surface area contributed by atoms with Gasteiger partial charge in [0.1, 0.15) is 0 Å². The molecule has 0 saturated heterocycles. The van der Waals surface area contributed by atoms with Gasteiger partial charge in [-0.25, -0.2) is 0 Å². The van der Waals surface area contributed by atoms with Crippen LogP contribution in [0, 0.1) is 17.8 Å². The van der Waals surface area contributed by atoms with E-state index in [0.717, 1.165) is 36.5 Å². The number of benzene rings is 2. The van der Waals surface area contributed by atoms with Crippen molar-refractivity contribution in [3.05, 3.63) is 60.2 Å². The predicted molar refractivity (Wildman–Crippen MR) is 118 cm³/mol. The Morgan fingerprint density at radius 1 is 0.926 bits per heavy atom. The Bertz CT molecular complexity index is 771. The molecule has 144 valence electrons. The molecule has 0 nitrogen and oxygen atoms in total. The van der Waals surface area contributed by atoms with Crippen LogP contribution in [0.25, 0.3) is 10.8 Å². The summed E-state index contributed by atoms with van der Waals surface area (Å²) in [6.07, 6.45) is 15.8. The Hall–Kier alpha value is -1.56. The van der Waals surface area contributed by atoms with Crippen molar-refractivity contribution in [2.24, 2.45) is 17.8 Å². The van der Waals surface area contributed by atoms with Gasteiger partial charge >= 0.3 is 0 Å². The predicted octanol–water partition coefficient (Wildman–Crippen LogP) is 8.06. The van der Waals surface area contributed by atoms with Gasteiger partial charge in [-0.3, -0.25) is 0 Å². The topological polar surface area (TPSA) is 0 Å². The molecule has 4 rings (SSSR count). The van der Waals surface area contributed by atoms with Crippen LogP contribution >= 0.6 is 0 Å². The van der Waals surface area contributed by atoms with Gasteiger partial charge in [0.25, 0.3) is 0 Å². The van der Waals surface area contributed by atoms with E-state index in [-0.39, 0.29) is 0 Å². The largest absolute Gasteiger partial charge is 0.103 e. The Morgan fingerprint density at radius 3 is 2.56 bits per heavy atom. The molecule has 2 aliphatic rings. The van der Waals surface area contributed by atoms with Crippen LogP contribution in [-0.4, -0.2) is 0 Å². The van der Waals surface area contributed by atoms with Crippen molar-refractivity contribution in [2.75, 3.05) is 0 Å². The number of hydrogen-bond donors (Lipinski definition) is 0. The first-order chi connectivity index (χ1) is 13.3. The van der Waals surface area contributed by atoms with Crippen molar-refractivity contribution in [2.45, 2.75) is 77.0 Å². The van der Waals surface area contributed by atoms with Gasteiger partial charge in [-0.1, -0.05) is 68.7 Å². The summed E-state index contributed by atoms with van der Waals surface area (Å²) < 4.78 is 0. The third kappa shape index (κ3) is 4.31. The van der Waals surface area contributed by atoms with Crippen LogP contribution in [0.4, 0.5) is 0 Å². The minimum atomic E-state index is 0.791. The molecule has 0 spiro atoms. The van der Waals surface area contributed by atoms with E-state index >= 15 is 0 Å². The van der Waals surface area contributed by atoms with Gasteiger partial charge in [-0.15, -0.1) is 6.58 Å². The summed E-state index contributed by atoms with van der Waals surface area (Å²) in [6.45, 7) is 6.20. The summed E-state index contributed by atoms with van der Waals surface area (Å²) in [6, 6.07) is 14.3. The average Bonchev–Trinajstić information content (AvgIpc) is 2.71. The monoisotopic (exact) mass is 360 g/mol. The first kappa shape index (κ1) is 18.8. The van der Waals surface area contributed by atoms with E-state index in [1.165, 1.54) is 67.7 Å². The van der Waals surface area contributed by atoms with Crippen molar-refractivity contribution in [3.8, 4) is 0 Å². The molecule has 0 heterocycles. The number of fused-ring (bicyclic) bond motifs is 2. The summed E-state index contributed by atoms with van der Waals surface area (Å²) in [5.41, 5.74) is 3.02. The first-order valence-electron chi connectivity index (χ1n) is 11.4. The van der Waals surface area contributed by atoms with Crippen molar-refractivity contribution >= 4 is 10.8 Å². The maximum absolute atomic E-state index is 3.84. The van der Waals surface area contributed by atoms with E-state index in [9.17, 15) is 0 Å². The summed E-state index contributed by atoms with van der Waals surface area (Å²) in [7, 11) is 0. The van der Waals surface area contributed by atoms with Crippen LogP contribution < -0.4 is 0 Å². The first-order valence-corrected chi connectivity index (χ1v) is 11.4. The number of hydrogen-bond acceptors (Lipinski definition) is 0. The number of allylic oxidation sites excluding steroid dienone is 1. The molecule has 2 aliphatic carbocycles. The fourth-order valence-electron chi connectivity index (χ4n) is 5.95. The van der Waals surface area contributed by atoms with Gasteiger partial charge in [0.2, 0.25) is 0 Å². The fourth-order valence-corrected chi connectivity index (χ4v) is 5.95. The third-order valence-electron chi connectivity index (χ3n) is 7.46. The lowest BCUT2D eigenvalue weighted by molar-refractivity contribution is 0.114. The van der Waals surface area contributed by atoms with Crippen molar-refractivity contribution < 1.29 is 0 Å². The number of aryl methyl sites for hydroxylation is 1. The number of rotatable bonds is 6. The highest BCUT2D eigenvalue weighted by atomic mass is 14.4. The molecule has 27 heavy (non-hydrogen) atoms. The van der Waals surface area contributed by atoms with Gasteiger partial charge < -0.3 is 0 Å². The minimum Gasteiger partial charge on any atom is -0.103 e. The summed E-state index contributed by atoms with van der Waals surface area (Å²) in [5, 5.41) is 2.82. The average molecular weight is 361 g/mol. The van der Waals surface area contributed by atoms with E-state index in [1.807, 2.05) is 6.08 Å². The van der Waals surface area contributed by atoms with Crippen molar-refractivity contribution in [1.29, 1.82) is 0 Å². The molecule has 4 atom stereocenters. The standard InChI is InChI=1S/C27H36/c1-3-5-7-21-9-11-25-19-27(15-13-23(25)17-21)26-14-12-22-16-20(6-4-2)8-10-24(22)18-26/h3,9,11,13,15,17,19-20,22,24,26H,1,4-8,10,12,14,16,18H2,2H3/t20?,22-,24?,26-/m1/s1. The molecule has 0 radical (unpaired) electrons. The molecule has 0 amide bonds. The van der Waals surface area contributed by atoms with Crippen LogP contribution in [0.3, 0.4) is 0 Å². The van der Waals surface area contributed by atoms with Gasteiger partial charge in [-0.2, -0.15) is 0 Å². The molecule has 0 aliphatic heterocycles. The Balaban J connectivity index is 1.44. The van der Waals surface area contributed by atoms with Crippen LogP contribution in [0.5, 0.6) is 0 Å². The highest BCUT2D eigenvalue weighted by molar-refractivity contribution is 5.84. The summed E-state index contributed by atoms with van der Waals surface area (Å²) >= 11 is 0. The Labute approximate surface area is 166 Å². The highest BCUT2D eigenvalue weighted by Gasteiger charge is 2.35. The molecule has 2 unspecified atom stereocenters. The molecule has 0 aromatic heterocycles. The lowest BCUT2D eigenvalue weighted by atomic mass is 9.63. The fraction of sp³-hybridized carbons (Fsp3) is 0.556. The molecule has 2 aromatic rings. The second kappa shape index (κ2) is 8.63. The SMILES string of the molecule is C=CCCc1ccc2cc([C@@H]3CC[C@@H]4CC(CCC)CCC4C3)ccc2c1. The lowest BCUT2D eigenvalue weighted by Gasteiger charge is -2.42. The van der Waals surface area contributed by atoms with Crippen LogP contribution in [0.1, 0.15) is 81.8 Å². The third-order valence-corrected chi connectivity index (χ3v) is 7.46. The normalized spacial score (nSPS) is 28.0. The van der Waals surface area contributed by atoms with Gasteiger partial charge in [0.15, 0.2) is 0 Å². The Morgan fingerprint density at radius 2 is 1.70 bits per heavy atom. The zero-order valence-corrected chi connectivity index (χ0v) is 17.1. The summed E-state index contributed by atoms with van der Waals surface area (Å²) in [4.78, 5) is 0. The molecule has 0 heteroatoms. The van der Waals surface area contributed by atoms with E-state index in [4.69, 9.17) is 0 Å². The second-order valence-corrected chi connectivity index (χ2v) is 9.27. The molecular weight excluding hydrogens is 324 g/mol. The van der Waals surface area contributed by atoms with Crippen LogP contribution in [0.2, 0.25) is 0 Å². The van der Waals surface area contributed by atoms with E-state index < -0.39 is 0 Å². The Kier molecular flexibility index (Phi) is 6.01. The smallest absolute Gasteiger partial charge is 0.0159 e. The van der Waals surface area contributed by atoms with Crippen molar-refractivity contribution in [3.63, 3.8) is 0 Å². The maximum Gasteiger partial charge on any atom is -0.0159 e. The van der Waals surface area contributed by atoms with E-state index in [2.05, 4.69) is 49.9 Å². The highest BCUT2D eigenvalue weighted by Crippen LogP contribution is 2.48. The molecular formula is C27H36. The zero-order chi connectivity index (χ0) is 18.6. The molecule has 0 bridgehead atoms. The van der Waals surface area contributed by atoms with Crippen LogP contribution in [0.15, 0.2) is 49.1 Å². The van der Waals surface area contributed by atoms with Gasteiger partial charge in [-0.05, 0) is 90.5 Å². The molecule has 2 fully saturated rings. The van der Waals surface area contributed by atoms with Gasteiger partial charge in [0.05, 0.1) is 0 Å². The second-order valence-electron chi connectivity index (χ2n) is 9.27. The molecule has 2 aromatic carbocycles. The molecule has 2 saturated carbocycles. The maximum atomic E-state index is 3.84. The van der Waals surface area contributed by atoms with E-state index in [0.29, 0.717) is 0 Å². The minimum absolute atomic E-state index is 0.791. The van der Waals surface area contributed by atoms with Crippen LogP contribution in [-0.2, 0) is 6.42 Å². The van der Waals surface area contributed by atoms with E-state index in [1.54, 1.807) is 5.56 Å². The summed E-state index contributed by atoms with van der Waals surface area (Å²) in [5.74, 6) is 3.84.